The maximum Gasteiger partial charge on any atom is 0.139 e. The zero-order chi connectivity index (χ0) is 13.8. The van der Waals surface area contributed by atoms with E-state index in [9.17, 15) is 0 Å². The van der Waals surface area contributed by atoms with Crippen molar-refractivity contribution in [1.82, 2.24) is 15.3 Å². The van der Waals surface area contributed by atoms with Crippen molar-refractivity contribution in [2.45, 2.75) is 32.0 Å². The lowest BCUT2D eigenvalue weighted by Gasteiger charge is -2.07. The van der Waals surface area contributed by atoms with Gasteiger partial charge in [-0.3, -0.25) is 9.97 Å². The van der Waals surface area contributed by atoms with Crippen LogP contribution < -0.4 is 10.1 Å². The first-order valence-electron chi connectivity index (χ1n) is 6.71. The first kappa shape index (κ1) is 13.5. The highest BCUT2D eigenvalue weighted by molar-refractivity contribution is 9.10. The summed E-state index contributed by atoms with van der Waals surface area (Å²) in [5.41, 5.74) is 1.99. The third-order valence-electron chi connectivity index (χ3n) is 3.08. The largest absolute Gasteiger partial charge is 0.486 e. The molecule has 1 aliphatic rings. The molecule has 1 saturated carbocycles. The van der Waals surface area contributed by atoms with Gasteiger partial charge in [0.1, 0.15) is 12.4 Å². The predicted octanol–water partition coefficient (Wildman–Crippen LogP) is 3.07. The number of ether oxygens (including phenoxy) is 1. The summed E-state index contributed by atoms with van der Waals surface area (Å²) in [6.07, 6.45) is 6.01. The Balaban J connectivity index is 1.57. The van der Waals surface area contributed by atoms with Gasteiger partial charge in [0.2, 0.25) is 0 Å². The number of aromatic nitrogens is 2. The van der Waals surface area contributed by atoms with Crippen LogP contribution in [0, 0.1) is 0 Å². The lowest BCUT2D eigenvalue weighted by molar-refractivity contribution is 0.299. The molecule has 0 aliphatic heterocycles. The van der Waals surface area contributed by atoms with Crippen LogP contribution in [0.1, 0.15) is 24.2 Å². The first-order valence-corrected chi connectivity index (χ1v) is 7.50. The van der Waals surface area contributed by atoms with Crippen LogP contribution in [0.5, 0.6) is 5.75 Å². The van der Waals surface area contributed by atoms with Crippen LogP contribution in [-0.2, 0) is 13.2 Å². The van der Waals surface area contributed by atoms with Crippen LogP contribution in [0.3, 0.4) is 0 Å². The number of hydrogen-bond acceptors (Lipinski definition) is 4. The molecular weight excluding hydrogens is 318 g/mol. The molecule has 1 fully saturated rings. The standard InChI is InChI=1S/C15H16BrN3O/c16-11-6-15(9-17-7-11)20-10-14-3-1-2-13(19-14)8-18-12-4-5-12/h1-3,6-7,9,12,18H,4-5,8,10H2. The highest BCUT2D eigenvalue weighted by Crippen LogP contribution is 2.19. The first-order chi connectivity index (χ1) is 9.79. The maximum atomic E-state index is 5.69. The zero-order valence-electron chi connectivity index (χ0n) is 11.1. The fourth-order valence-electron chi connectivity index (χ4n) is 1.87. The predicted molar refractivity (Wildman–Crippen MR) is 80.4 cm³/mol. The Bertz CT molecular complexity index is 587. The van der Waals surface area contributed by atoms with E-state index >= 15 is 0 Å². The lowest BCUT2D eigenvalue weighted by atomic mass is 10.3. The van der Waals surface area contributed by atoms with Crippen molar-refractivity contribution in [2.75, 3.05) is 0 Å². The average Bonchev–Trinajstić information content (AvgIpc) is 3.28. The van der Waals surface area contributed by atoms with Gasteiger partial charge in [0.25, 0.3) is 0 Å². The van der Waals surface area contributed by atoms with Crippen LogP contribution in [0.2, 0.25) is 0 Å². The van der Waals surface area contributed by atoms with Gasteiger partial charge in [0.05, 0.1) is 17.6 Å². The van der Waals surface area contributed by atoms with Crippen molar-refractivity contribution in [1.29, 1.82) is 0 Å². The average molecular weight is 334 g/mol. The van der Waals surface area contributed by atoms with Crippen molar-refractivity contribution in [2.24, 2.45) is 0 Å². The zero-order valence-corrected chi connectivity index (χ0v) is 12.6. The Hall–Kier alpha value is -1.46. The molecule has 20 heavy (non-hydrogen) atoms. The van der Waals surface area contributed by atoms with Gasteiger partial charge in [-0.05, 0) is 47.0 Å². The topological polar surface area (TPSA) is 47.0 Å². The summed E-state index contributed by atoms with van der Waals surface area (Å²) in [5.74, 6) is 0.739. The van der Waals surface area contributed by atoms with Gasteiger partial charge in [-0.2, -0.15) is 0 Å². The molecule has 0 radical (unpaired) electrons. The van der Waals surface area contributed by atoms with Crippen molar-refractivity contribution < 1.29 is 4.74 Å². The number of pyridine rings is 2. The van der Waals surface area contributed by atoms with Crippen molar-refractivity contribution in [3.05, 3.63) is 52.5 Å². The normalized spacial score (nSPS) is 14.2. The van der Waals surface area contributed by atoms with Gasteiger partial charge in [0.15, 0.2) is 0 Å². The van der Waals surface area contributed by atoms with E-state index in [-0.39, 0.29) is 0 Å². The lowest BCUT2D eigenvalue weighted by Crippen LogP contribution is -2.16. The van der Waals surface area contributed by atoms with Gasteiger partial charge in [-0.25, -0.2) is 0 Å². The van der Waals surface area contributed by atoms with E-state index in [2.05, 4.69) is 31.2 Å². The van der Waals surface area contributed by atoms with E-state index in [0.29, 0.717) is 12.6 Å². The van der Waals surface area contributed by atoms with E-state index in [1.165, 1.54) is 12.8 Å². The molecule has 4 nitrogen and oxygen atoms in total. The summed E-state index contributed by atoms with van der Waals surface area (Å²) in [6, 6.07) is 8.63. The minimum absolute atomic E-state index is 0.454. The van der Waals surface area contributed by atoms with Crippen molar-refractivity contribution in [3.8, 4) is 5.75 Å². The molecule has 1 aliphatic carbocycles. The fraction of sp³-hybridized carbons (Fsp3) is 0.333. The smallest absolute Gasteiger partial charge is 0.139 e. The second kappa shape index (κ2) is 6.33. The van der Waals surface area contributed by atoms with E-state index < -0.39 is 0 Å². The van der Waals surface area contributed by atoms with E-state index in [1.54, 1.807) is 12.4 Å². The van der Waals surface area contributed by atoms with E-state index in [4.69, 9.17) is 4.74 Å². The van der Waals surface area contributed by atoms with Gasteiger partial charge in [0, 0.05) is 23.3 Å². The molecule has 3 rings (SSSR count). The summed E-state index contributed by atoms with van der Waals surface area (Å²) in [4.78, 5) is 8.66. The molecule has 0 bridgehead atoms. The number of hydrogen-bond donors (Lipinski definition) is 1. The van der Waals surface area contributed by atoms with E-state index in [1.807, 2.05) is 24.3 Å². The third-order valence-corrected chi connectivity index (χ3v) is 3.51. The molecule has 104 valence electrons. The van der Waals surface area contributed by atoms with Crippen molar-refractivity contribution in [3.63, 3.8) is 0 Å². The van der Waals surface area contributed by atoms with Crippen molar-refractivity contribution >= 4 is 15.9 Å². The van der Waals surface area contributed by atoms with Gasteiger partial charge < -0.3 is 10.1 Å². The summed E-state index contributed by atoms with van der Waals surface area (Å²) in [7, 11) is 0. The minimum atomic E-state index is 0.454. The van der Waals surface area contributed by atoms with E-state index in [0.717, 1.165) is 28.2 Å². The molecule has 0 atom stereocenters. The maximum absolute atomic E-state index is 5.69. The molecule has 0 saturated heterocycles. The third kappa shape index (κ3) is 4.02. The van der Waals surface area contributed by atoms with Crippen LogP contribution in [-0.4, -0.2) is 16.0 Å². The molecule has 2 aromatic rings. The quantitative estimate of drug-likeness (QED) is 0.882. The highest BCUT2D eigenvalue weighted by atomic mass is 79.9. The molecule has 1 N–H and O–H groups in total. The van der Waals surface area contributed by atoms with Gasteiger partial charge >= 0.3 is 0 Å². The summed E-state index contributed by atoms with van der Waals surface area (Å²) < 4.78 is 6.60. The number of rotatable bonds is 6. The van der Waals surface area contributed by atoms with Crippen LogP contribution in [0.25, 0.3) is 0 Å². The molecule has 0 amide bonds. The summed E-state index contributed by atoms with van der Waals surface area (Å²) in [6.45, 7) is 1.28. The van der Waals surface area contributed by atoms with Crippen LogP contribution in [0.15, 0.2) is 41.1 Å². The molecule has 5 heteroatoms. The highest BCUT2D eigenvalue weighted by Gasteiger charge is 2.20. The molecule has 0 aromatic carbocycles. The monoisotopic (exact) mass is 333 g/mol. The number of nitrogens with one attached hydrogen (secondary N) is 1. The Kier molecular flexibility index (Phi) is 4.28. The van der Waals surface area contributed by atoms with Crippen LogP contribution in [0.4, 0.5) is 0 Å². The van der Waals surface area contributed by atoms with Crippen LogP contribution >= 0.6 is 15.9 Å². The summed E-state index contributed by atoms with van der Waals surface area (Å²) >= 11 is 3.37. The number of halogens is 1. The molecule has 2 aromatic heterocycles. The second-order valence-electron chi connectivity index (χ2n) is 4.90. The Morgan fingerprint density at radius 1 is 1.25 bits per heavy atom. The Labute approximate surface area is 126 Å². The molecular formula is C15H16BrN3O. The Morgan fingerprint density at radius 2 is 2.10 bits per heavy atom. The second-order valence-corrected chi connectivity index (χ2v) is 5.82. The molecule has 2 heterocycles. The number of nitrogens with zero attached hydrogens (tertiary/aromatic N) is 2. The minimum Gasteiger partial charge on any atom is -0.486 e. The van der Waals surface area contributed by atoms with Gasteiger partial charge in [-0.15, -0.1) is 0 Å². The fourth-order valence-corrected chi connectivity index (χ4v) is 2.22. The SMILES string of the molecule is Brc1cncc(OCc2cccc(CNC3CC3)n2)c1. The molecule has 0 unspecified atom stereocenters. The molecule has 0 spiro atoms. The van der Waals surface area contributed by atoms with Gasteiger partial charge in [-0.1, -0.05) is 6.07 Å². The Morgan fingerprint density at radius 3 is 2.90 bits per heavy atom. The summed E-state index contributed by atoms with van der Waals surface area (Å²) in [5, 5.41) is 3.46.